The molecule has 1 N–H and O–H groups in total. The summed E-state index contributed by atoms with van der Waals surface area (Å²) in [4.78, 5) is 33.7. The number of carbonyl (C=O) groups is 2. The van der Waals surface area contributed by atoms with Crippen LogP contribution in [0, 0.1) is 10.1 Å². The van der Waals surface area contributed by atoms with E-state index in [4.69, 9.17) is 9.47 Å². The quantitative estimate of drug-likeness (QED) is 0.278. The minimum Gasteiger partial charge on any atom is -0.488 e. The van der Waals surface area contributed by atoms with Crippen LogP contribution in [-0.4, -0.2) is 30.1 Å². The first-order chi connectivity index (χ1) is 12.4. The SMILES string of the molecule is COc1c(OC(C)=O)ccc(/C=N\NC(=O)c2ccccc2)c1[N+](=O)[O-]. The third-order valence-electron chi connectivity index (χ3n) is 3.17. The number of nitrogens with zero attached hydrogens (tertiary/aromatic N) is 2. The van der Waals surface area contributed by atoms with Crippen LogP contribution in [0.2, 0.25) is 0 Å². The lowest BCUT2D eigenvalue weighted by atomic mass is 10.1. The molecule has 0 aliphatic rings. The van der Waals surface area contributed by atoms with Crippen molar-refractivity contribution in [3.8, 4) is 11.5 Å². The molecular weight excluding hydrogens is 342 g/mol. The molecule has 0 spiro atoms. The minimum atomic E-state index is -0.688. The maximum atomic E-state index is 11.9. The number of hydrazone groups is 1. The number of ether oxygens (including phenoxy) is 2. The Kier molecular flexibility index (Phi) is 5.99. The van der Waals surface area contributed by atoms with Gasteiger partial charge in [-0.3, -0.25) is 19.7 Å². The fraction of sp³-hybridized carbons (Fsp3) is 0.118. The van der Waals surface area contributed by atoms with E-state index in [0.717, 1.165) is 6.21 Å². The summed E-state index contributed by atoms with van der Waals surface area (Å²) < 4.78 is 9.91. The summed E-state index contributed by atoms with van der Waals surface area (Å²) in [6, 6.07) is 11.0. The van der Waals surface area contributed by atoms with Crippen LogP contribution in [-0.2, 0) is 4.79 Å². The zero-order valence-electron chi connectivity index (χ0n) is 14.0. The van der Waals surface area contributed by atoms with Crippen LogP contribution in [0.25, 0.3) is 0 Å². The van der Waals surface area contributed by atoms with Gasteiger partial charge in [0.2, 0.25) is 5.75 Å². The van der Waals surface area contributed by atoms with Gasteiger partial charge in [0.1, 0.15) is 0 Å². The number of nitro groups is 1. The van der Waals surface area contributed by atoms with Crippen LogP contribution in [0.5, 0.6) is 11.5 Å². The maximum absolute atomic E-state index is 11.9. The second-order valence-electron chi connectivity index (χ2n) is 4.95. The Balaban J connectivity index is 2.29. The first-order valence-electron chi connectivity index (χ1n) is 7.36. The average Bonchev–Trinajstić information content (AvgIpc) is 2.62. The molecule has 0 aromatic heterocycles. The predicted octanol–water partition coefficient (Wildman–Crippen LogP) is 2.29. The number of benzene rings is 2. The van der Waals surface area contributed by atoms with Gasteiger partial charge in [-0.1, -0.05) is 18.2 Å². The summed E-state index contributed by atoms with van der Waals surface area (Å²) in [6.07, 6.45) is 1.11. The third-order valence-corrected chi connectivity index (χ3v) is 3.17. The van der Waals surface area contributed by atoms with Crippen molar-refractivity contribution in [2.45, 2.75) is 6.92 Å². The van der Waals surface area contributed by atoms with E-state index in [2.05, 4.69) is 10.5 Å². The van der Waals surface area contributed by atoms with Gasteiger partial charge >= 0.3 is 11.7 Å². The lowest BCUT2D eigenvalue weighted by molar-refractivity contribution is -0.385. The molecule has 0 aliphatic heterocycles. The number of nitro benzene ring substituents is 1. The van der Waals surface area contributed by atoms with Gasteiger partial charge in [0.15, 0.2) is 5.75 Å². The molecule has 0 radical (unpaired) electrons. The number of methoxy groups -OCH3 is 1. The van der Waals surface area contributed by atoms with Crippen molar-refractivity contribution < 1.29 is 24.0 Å². The number of amides is 1. The van der Waals surface area contributed by atoms with Gasteiger partial charge in [0.25, 0.3) is 5.91 Å². The van der Waals surface area contributed by atoms with Gasteiger partial charge in [-0.2, -0.15) is 5.10 Å². The molecule has 0 fully saturated rings. The summed E-state index contributed by atoms with van der Waals surface area (Å²) in [6.45, 7) is 1.17. The van der Waals surface area contributed by atoms with Crippen molar-refractivity contribution in [3.63, 3.8) is 0 Å². The number of esters is 1. The van der Waals surface area contributed by atoms with Gasteiger partial charge in [-0.05, 0) is 24.3 Å². The highest BCUT2D eigenvalue weighted by molar-refractivity contribution is 5.95. The van der Waals surface area contributed by atoms with Crippen LogP contribution < -0.4 is 14.9 Å². The molecule has 2 rings (SSSR count). The van der Waals surface area contributed by atoms with Gasteiger partial charge in [0, 0.05) is 12.5 Å². The van der Waals surface area contributed by atoms with E-state index in [9.17, 15) is 19.7 Å². The summed E-state index contributed by atoms with van der Waals surface area (Å²) in [5.74, 6) is -1.41. The summed E-state index contributed by atoms with van der Waals surface area (Å²) in [5, 5.41) is 15.1. The van der Waals surface area contributed by atoms with Gasteiger partial charge in [-0.25, -0.2) is 5.43 Å². The Labute approximate surface area is 148 Å². The topological polar surface area (TPSA) is 120 Å². The van der Waals surface area contributed by atoms with Gasteiger partial charge < -0.3 is 9.47 Å². The van der Waals surface area contributed by atoms with Crippen LogP contribution in [0.4, 0.5) is 5.69 Å². The fourth-order valence-corrected chi connectivity index (χ4v) is 2.11. The summed E-state index contributed by atoms with van der Waals surface area (Å²) >= 11 is 0. The van der Waals surface area contributed by atoms with E-state index in [1.165, 1.54) is 26.2 Å². The molecule has 0 atom stereocenters. The van der Waals surface area contributed by atoms with E-state index < -0.39 is 22.5 Å². The molecule has 1 amide bonds. The second kappa shape index (κ2) is 8.38. The van der Waals surface area contributed by atoms with Crippen molar-refractivity contribution in [2.75, 3.05) is 7.11 Å². The first kappa shape index (κ1) is 18.6. The Morgan fingerprint density at radius 1 is 1.19 bits per heavy atom. The largest absolute Gasteiger partial charge is 0.488 e. The molecule has 0 aliphatic carbocycles. The maximum Gasteiger partial charge on any atom is 0.323 e. The number of hydrogen-bond donors (Lipinski definition) is 1. The predicted molar refractivity (Wildman–Crippen MR) is 92.5 cm³/mol. The Morgan fingerprint density at radius 2 is 1.88 bits per heavy atom. The average molecular weight is 357 g/mol. The molecule has 0 saturated carbocycles. The van der Waals surface area contributed by atoms with Crippen LogP contribution in [0.3, 0.4) is 0 Å². The number of hydrogen-bond acceptors (Lipinski definition) is 7. The van der Waals surface area contributed by atoms with E-state index in [1.54, 1.807) is 30.3 Å². The third kappa shape index (κ3) is 4.41. The highest BCUT2D eigenvalue weighted by Crippen LogP contribution is 2.39. The van der Waals surface area contributed by atoms with E-state index >= 15 is 0 Å². The van der Waals surface area contributed by atoms with E-state index in [1.807, 2.05) is 0 Å². The zero-order chi connectivity index (χ0) is 19.1. The Bertz CT molecular complexity index is 864. The molecule has 2 aromatic rings. The fourth-order valence-electron chi connectivity index (χ4n) is 2.11. The van der Waals surface area contributed by atoms with Gasteiger partial charge in [0.05, 0.1) is 23.8 Å². The molecule has 2 aromatic carbocycles. The zero-order valence-corrected chi connectivity index (χ0v) is 14.0. The van der Waals surface area contributed by atoms with Crippen molar-refractivity contribution in [3.05, 3.63) is 63.7 Å². The molecule has 0 bridgehead atoms. The molecule has 0 saturated heterocycles. The highest BCUT2D eigenvalue weighted by atomic mass is 16.6. The lowest BCUT2D eigenvalue weighted by Crippen LogP contribution is -2.17. The molecular formula is C17H15N3O6. The van der Waals surface area contributed by atoms with Crippen molar-refractivity contribution in [1.29, 1.82) is 0 Å². The van der Waals surface area contributed by atoms with Crippen LogP contribution >= 0.6 is 0 Å². The van der Waals surface area contributed by atoms with Crippen LogP contribution in [0.1, 0.15) is 22.8 Å². The smallest absolute Gasteiger partial charge is 0.323 e. The summed E-state index contributed by atoms with van der Waals surface area (Å²) in [5.41, 5.74) is 2.30. The number of carbonyl (C=O) groups excluding carboxylic acids is 2. The number of rotatable bonds is 6. The second-order valence-corrected chi connectivity index (χ2v) is 4.95. The van der Waals surface area contributed by atoms with Crippen molar-refractivity contribution in [1.82, 2.24) is 5.43 Å². The standard InChI is InChI=1S/C17H15N3O6/c1-11(21)26-14-9-8-13(15(20(23)24)16(14)25-2)10-18-19-17(22)12-6-4-3-5-7-12/h3-10H,1-2H3,(H,19,22)/b18-10-. The normalized spacial score (nSPS) is 10.4. The molecule has 0 unspecified atom stereocenters. The molecule has 0 heterocycles. The molecule has 134 valence electrons. The Morgan fingerprint density at radius 3 is 2.46 bits per heavy atom. The van der Waals surface area contributed by atoms with Crippen LogP contribution in [0.15, 0.2) is 47.6 Å². The highest BCUT2D eigenvalue weighted by Gasteiger charge is 2.25. The van der Waals surface area contributed by atoms with E-state index in [-0.39, 0.29) is 17.1 Å². The lowest BCUT2D eigenvalue weighted by Gasteiger charge is -2.09. The number of nitrogens with one attached hydrogen (secondary N) is 1. The van der Waals surface area contributed by atoms with Crippen molar-refractivity contribution in [2.24, 2.45) is 5.10 Å². The van der Waals surface area contributed by atoms with Gasteiger partial charge in [-0.15, -0.1) is 0 Å². The molecule has 26 heavy (non-hydrogen) atoms. The molecule has 9 heteroatoms. The van der Waals surface area contributed by atoms with Crippen molar-refractivity contribution >= 4 is 23.8 Å². The minimum absolute atomic E-state index is 0.0658. The van der Waals surface area contributed by atoms with E-state index in [0.29, 0.717) is 5.56 Å². The first-order valence-corrected chi connectivity index (χ1v) is 7.36. The molecule has 9 nitrogen and oxygen atoms in total. The summed E-state index contributed by atoms with van der Waals surface area (Å²) in [7, 11) is 1.22. The monoisotopic (exact) mass is 357 g/mol. The Hall–Kier alpha value is -3.75.